The summed E-state index contributed by atoms with van der Waals surface area (Å²) < 4.78 is 34.6. The maximum atomic E-state index is 14.4. The van der Waals surface area contributed by atoms with Crippen molar-refractivity contribution in [2.45, 2.75) is 116 Å². The van der Waals surface area contributed by atoms with Gasteiger partial charge < -0.3 is 4.74 Å². The third-order valence-corrected chi connectivity index (χ3v) is 9.31. The van der Waals surface area contributed by atoms with Gasteiger partial charge in [0.1, 0.15) is 0 Å². The minimum absolute atomic E-state index is 0.218. The topological polar surface area (TPSA) is 9.23 Å². The van der Waals surface area contributed by atoms with Crippen molar-refractivity contribution in [3.63, 3.8) is 0 Å². The van der Waals surface area contributed by atoms with Crippen LogP contribution in [0.15, 0.2) is 30.4 Å². The molecule has 1 nitrogen and oxygen atoms in total. The lowest BCUT2D eigenvalue weighted by Crippen LogP contribution is -2.28. The molecule has 0 aromatic heterocycles. The van der Waals surface area contributed by atoms with Gasteiger partial charge in [-0.1, -0.05) is 50.1 Å². The second-order valence-electron chi connectivity index (χ2n) is 11.9. The molecule has 0 radical (unpaired) electrons. The van der Waals surface area contributed by atoms with Crippen LogP contribution in [-0.2, 0) is 4.74 Å². The zero-order valence-electron chi connectivity index (χ0n) is 22.8. The molecule has 1 atom stereocenters. The van der Waals surface area contributed by atoms with Gasteiger partial charge in [-0.2, -0.15) is 0 Å². The monoisotopic (exact) mass is 498 g/mol. The molecule has 1 aromatic rings. The van der Waals surface area contributed by atoms with Crippen molar-refractivity contribution in [3.8, 4) is 0 Å². The summed E-state index contributed by atoms with van der Waals surface area (Å²) in [6.07, 6.45) is 26.0. The minimum atomic E-state index is -0.718. The highest BCUT2D eigenvalue weighted by atomic mass is 19.2. The summed E-state index contributed by atoms with van der Waals surface area (Å²) in [5.74, 6) is 1.98. The molecule has 200 valence electrons. The van der Waals surface area contributed by atoms with E-state index in [2.05, 4.69) is 25.2 Å². The van der Waals surface area contributed by atoms with Gasteiger partial charge in [-0.15, -0.1) is 0 Å². The van der Waals surface area contributed by atoms with Crippen molar-refractivity contribution < 1.29 is 13.5 Å². The molecule has 3 aliphatic rings. The zero-order valence-corrected chi connectivity index (χ0v) is 22.8. The third-order valence-electron chi connectivity index (χ3n) is 9.31. The summed E-state index contributed by atoms with van der Waals surface area (Å²) in [6, 6.07) is 3.39. The number of hydrogen-bond donors (Lipinski definition) is 0. The average Bonchev–Trinajstić information content (AvgIpc) is 2.92. The van der Waals surface area contributed by atoms with Crippen molar-refractivity contribution in [1.82, 2.24) is 0 Å². The van der Waals surface area contributed by atoms with Gasteiger partial charge in [0.05, 0.1) is 6.10 Å². The quantitative estimate of drug-likeness (QED) is 0.230. The van der Waals surface area contributed by atoms with Crippen LogP contribution < -0.4 is 0 Å². The fourth-order valence-electron chi connectivity index (χ4n) is 6.81. The first kappa shape index (κ1) is 27.6. The fourth-order valence-corrected chi connectivity index (χ4v) is 6.81. The molecule has 0 aliphatic heterocycles. The van der Waals surface area contributed by atoms with Crippen molar-refractivity contribution in [2.24, 2.45) is 23.7 Å². The summed E-state index contributed by atoms with van der Waals surface area (Å²) in [5, 5.41) is 0. The molecule has 2 fully saturated rings. The molecule has 3 heteroatoms. The Morgan fingerprint density at radius 2 is 1.61 bits per heavy atom. The van der Waals surface area contributed by atoms with Gasteiger partial charge in [0.15, 0.2) is 11.6 Å². The van der Waals surface area contributed by atoms with Gasteiger partial charge in [0.2, 0.25) is 0 Å². The minimum Gasteiger partial charge on any atom is -0.378 e. The molecule has 0 saturated heterocycles. The molecule has 0 amide bonds. The number of halogens is 2. The second kappa shape index (κ2) is 13.9. The highest BCUT2D eigenvalue weighted by Gasteiger charge is 2.31. The Balaban J connectivity index is 1.13. The summed E-state index contributed by atoms with van der Waals surface area (Å²) >= 11 is 0. The van der Waals surface area contributed by atoms with E-state index in [4.69, 9.17) is 4.74 Å². The first-order valence-electron chi connectivity index (χ1n) is 15.0. The van der Waals surface area contributed by atoms with E-state index in [9.17, 15) is 8.78 Å². The molecule has 0 N–H and O–H groups in total. The van der Waals surface area contributed by atoms with Crippen molar-refractivity contribution >= 4 is 5.57 Å². The molecule has 0 spiro atoms. The summed E-state index contributed by atoms with van der Waals surface area (Å²) in [7, 11) is 0. The zero-order chi connectivity index (χ0) is 25.3. The van der Waals surface area contributed by atoms with E-state index < -0.39 is 11.6 Å². The summed E-state index contributed by atoms with van der Waals surface area (Å²) in [5.41, 5.74) is 1.71. The normalized spacial score (nSPS) is 29.4. The lowest BCUT2D eigenvalue weighted by Gasteiger charge is -2.37. The van der Waals surface area contributed by atoms with Crippen molar-refractivity contribution in [2.75, 3.05) is 6.61 Å². The van der Waals surface area contributed by atoms with E-state index >= 15 is 0 Å². The number of rotatable bonds is 10. The highest BCUT2D eigenvalue weighted by Crippen LogP contribution is 2.42. The lowest BCUT2D eigenvalue weighted by molar-refractivity contribution is 0.00924. The van der Waals surface area contributed by atoms with Crippen LogP contribution in [0.1, 0.15) is 114 Å². The van der Waals surface area contributed by atoms with Crippen LogP contribution in [0.25, 0.3) is 5.57 Å². The maximum Gasteiger partial charge on any atom is 0.166 e. The number of unbranched alkanes of at least 4 members (excludes halogenated alkanes) is 3. The van der Waals surface area contributed by atoms with Crippen molar-refractivity contribution in [1.29, 1.82) is 0 Å². The molecule has 1 unspecified atom stereocenters. The van der Waals surface area contributed by atoms with Gasteiger partial charge in [-0.3, -0.25) is 0 Å². The summed E-state index contributed by atoms with van der Waals surface area (Å²) in [4.78, 5) is 0. The van der Waals surface area contributed by atoms with Gasteiger partial charge in [-0.25, -0.2) is 8.78 Å². The Morgan fingerprint density at radius 1 is 0.889 bits per heavy atom. The number of hydrogen-bond acceptors (Lipinski definition) is 1. The smallest absolute Gasteiger partial charge is 0.166 e. The van der Waals surface area contributed by atoms with Crippen LogP contribution in [0.3, 0.4) is 0 Å². The van der Waals surface area contributed by atoms with Crippen LogP contribution in [0.4, 0.5) is 8.78 Å². The first-order valence-corrected chi connectivity index (χ1v) is 15.0. The van der Waals surface area contributed by atoms with Crippen molar-refractivity contribution in [3.05, 3.63) is 53.1 Å². The molecule has 0 bridgehead atoms. The number of benzene rings is 1. The van der Waals surface area contributed by atoms with E-state index in [1.807, 2.05) is 0 Å². The van der Waals surface area contributed by atoms with Gasteiger partial charge >= 0.3 is 0 Å². The number of aryl methyl sites for hydroxylation is 1. The number of ether oxygens (including phenoxy) is 1. The first-order chi connectivity index (χ1) is 17.5. The third kappa shape index (κ3) is 7.53. The van der Waals surface area contributed by atoms with E-state index in [0.29, 0.717) is 17.0 Å². The standard InChI is InChI=1S/C33H48F2O/c1-3-4-5-6-7-8-25-10-14-27(15-11-25)28-16-12-26(13-17-28)23-36-30-20-18-29(19-21-30)31-22-9-24(2)32(34)33(31)35/h7-9,18,22,25-28,30H,3-6,10-17,19-21,23H2,1-2H3/b8-7+. The highest BCUT2D eigenvalue weighted by molar-refractivity contribution is 5.67. The lowest BCUT2D eigenvalue weighted by atomic mass is 9.69. The summed E-state index contributed by atoms with van der Waals surface area (Å²) in [6.45, 7) is 4.74. The van der Waals surface area contributed by atoms with Crippen LogP contribution in [0, 0.1) is 42.2 Å². The molecule has 2 saturated carbocycles. The Kier molecular flexibility index (Phi) is 10.6. The van der Waals surface area contributed by atoms with Crippen LogP contribution in [0.2, 0.25) is 0 Å². The predicted octanol–water partition coefficient (Wildman–Crippen LogP) is 9.98. The molecular weight excluding hydrogens is 450 g/mol. The SMILES string of the molecule is CCCCC/C=C/C1CCC(C2CCC(COC3CC=C(c4ccc(C)c(F)c4F)CC3)CC2)CC1. The second-order valence-corrected chi connectivity index (χ2v) is 11.9. The van der Waals surface area contributed by atoms with E-state index in [-0.39, 0.29) is 6.10 Å². The van der Waals surface area contributed by atoms with E-state index in [1.54, 1.807) is 19.1 Å². The van der Waals surface area contributed by atoms with E-state index in [1.165, 1.54) is 77.0 Å². The van der Waals surface area contributed by atoms with Gasteiger partial charge in [-0.05, 0) is 125 Å². The maximum absolute atomic E-state index is 14.4. The Labute approximate surface area is 218 Å². The molecular formula is C33H48F2O. The Morgan fingerprint density at radius 3 is 2.28 bits per heavy atom. The molecule has 3 aliphatic carbocycles. The van der Waals surface area contributed by atoms with Crippen LogP contribution >= 0.6 is 0 Å². The number of allylic oxidation sites excluding steroid dienone is 3. The predicted molar refractivity (Wildman–Crippen MR) is 147 cm³/mol. The van der Waals surface area contributed by atoms with Crippen LogP contribution in [-0.4, -0.2) is 12.7 Å². The largest absolute Gasteiger partial charge is 0.378 e. The molecule has 0 heterocycles. The van der Waals surface area contributed by atoms with Crippen LogP contribution in [0.5, 0.6) is 0 Å². The van der Waals surface area contributed by atoms with E-state index in [0.717, 1.165) is 49.2 Å². The molecule has 36 heavy (non-hydrogen) atoms. The fraction of sp³-hybridized carbons (Fsp3) is 0.697. The van der Waals surface area contributed by atoms with Gasteiger partial charge in [0.25, 0.3) is 0 Å². The Bertz CT molecular complexity index is 872. The average molecular weight is 499 g/mol. The Hall–Kier alpha value is -1.48. The molecule has 4 rings (SSSR count). The molecule has 1 aromatic carbocycles. The van der Waals surface area contributed by atoms with Gasteiger partial charge in [0, 0.05) is 12.2 Å².